The van der Waals surface area contributed by atoms with Gasteiger partial charge in [-0.25, -0.2) is 4.39 Å². The minimum Gasteiger partial charge on any atom is -0.253 e. The maximum Gasteiger partial charge on any atom is 0.126 e. The van der Waals surface area contributed by atoms with E-state index < -0.39 is 0 Å². The molecule has 0 fully saturated rings. The molecule has 0 aliphatic rings. The molecule has 1 aromatic carbocycles. The van der Waals surface area contributed by atoms with Crippen molar-refractivity contribution in [3.8, 4) is 11.3 Å². The van der Waals surface area contributed by atoms with Crippen LogP contribution in [0.25, 0.3) is 11.3 Å². The Hall–Kier alpha value is -1.70. The predicted molar refractivity (Wildman–Crippen MR) is 63.8 cm³/mol. The van der Waals surface area contributed by atoms with Crippen LogP contribution in [-0.2, 0) is 0 Å². The average Bonchev–Trinajstić information content (AvgIpc) is 2.20. The van der Waals surface area contributed by atoms with E-state index in [-0.39, 0.29) is 5.82 Å². The molecule has 1 heterocycles. The van der Waals surface area contributed by atoms with E-state index in [4.69, 9.17) is 0 Å². The number of pyridine rings is 1. The lowest BCUT2D eigenvalue weighted by Crippen LogP contribution is -1.90. The van der Waals surface area contributed by atoms with Crippen LogP contribution in [0.2, 0.25) is 0 Å². The van der Waals surface area contributed by atoms with E-state index in [2.05, 4.69) is 4.98 Å². The van der Waals surface area contributed by atoms with Crippen molar-refractivity contribution in [2.75, 3.05) is 0 Å². The maximum absolute atomic E-state index is 13.2. The Kier molecular flexibility index (Phi) is 2.73. The first-order valence-electron chi connectivity index (χ1n) is 5.28. The SMILES string of the molecule is Cc1cc(C)nc(-c2ccc(F)c(C)c2)c1. The van der Waals surface area contributed by atoms with E-state index in [0.29, 0.717) is 5.56 Å². The molecule has 1 aromatic heterocycles. The molecule has 0 N–H and O–H groups in total. The molecule has 2 heteroatoms. The van der Waals surface area contributed by atoms with Gasteiger partial charge in [0.25, 0.3) is 0 Å². The van der Waals surface area contributed by atoms with Gasteiger partial charge in [0.1, 0.15) is 5.82 Å². The molecule has 2 aromatic rings. The molecular weight excluding hydrogens is 201 g/mol. The van der Waals surface area contributed by atoms with Crippen molar-refractivity contribution in [3.05, 3.63) is 53.0 Å². The van der Waals surface area contributed by atoms with Crippen LogP contribution in [0.4, 0.5) is 4.39 Å². The van der Waals surface area contributed by atoms with Crippen LogP contribution >= 0.6 is 0 Å². The Labute approximate surface area is 95.0 Å². The van der Waals surface area contributed by atoms with Gasteiger partial charge < -0.3 is 0 Å². The highest BCUT2D eigenvalue weighted by Crippen LogP contribution is 2.21. The quantitative estimate of drug-likeness (QED) is 0.704. The summed E-state index contributed by atoms with van der Waals surface area (Å²) in [4.78, 5) is 4.45. The van der Waals surface area contributed by atoms with Gasteiger partial charge in [0.2, 0.25) is 0 Å². The summed E-state index contributed by atoms with van der Waals surface area (Å²) in [6, 6.07) is 9.13. The van der Waals surface area contributed by atoms with Crippen molar-refractivity contribution >= 4 is 0 Å². The molecule has 0 aliphatic carbocycles. The number of aromatic nitrogens is 1. The molecule has 82 valence electrons. The molecule has 1 nitrogen and oxygen atoms in total. The third-order valence-electron chi connectivity index (χ3n) is 2.55. The van der Waals surface area contributed by atoms with Gasteiger partial charge in [-0.1, -0.05) is 0 Å². The number of hydrogen-bond acceptors (Lipinski definition) is 1. The number of halogens is 1. The van der Waals surface area contributed by atoms with Crippen LogP contribution in [0.5, 0.6) is 0 Å². The van der Waals surface area contributed by atoms with Gasteiger partial charge in [-0.3, -0.25) is 4.98 Å². The van der Waals surface area contributed by atoms with Gasteiger partial charge in [0.05, 0.1) is 5.69 Å². The number of nitrogens with zero attached hydrogens (tertiary/aromatic N) is 1. The van der Waals surface area contributed by atoms with E-state index in [9.17, 15) is 4.39 Å². The van der Waals surface area contributed by atoms with E-state index >= 15 is 0 Å². The fraction of sp³-hybridized carbons (Fsp3) is 0.214. The van der Waals surface area contributed by atoms with Gasteiger partial charge in [-0.05, 0) is 62.2 Å². The highest BCUT2D eigenvalue weighted by atomic mass is 19.1. The summed E-state index contributed by atoms with van der Waals surface area (Å²) in [5, 5.41) is 0. The summed E-state index contributed by atoms with van der Waals surface area (Å²) in [5.41, 5.74) is 4.67. The predicted octanol–water partition coefficient (Wildman–Crippen LogP) is 3.81. The largest absolute Gasteiger partial charge is 0.253 e. The molecule has 0 spiro atoms. The second-order valence-electron chi connectivity index (χ2n) is 4.14. The monoisotopic (exact) mass is 215 g/mol. The zero-order valence-corrected chi connectivity index (χ0v) is 9.71. The van der Waals surface area contributed by atoms with Crippen LogP contribution in [0.15, 0.2) is 30.3 Å². The fourth-order valence-corrected chi connectivity index (χ4v) is 1.79. The highest BCUT2D eigenvalue weighted by molar-refractivity contribution is 5.61. The fourth-order valence-electron chi connectivity index (χ4n) is 1.79. The van der Waals surface area contributed by atoms with Gasteiger partial charge in [0, 0.05) is 11.3 Å². The van der Waals surface area contributed by atoms with Crippen molar-refractivity contribution in [1.82, 2.24) is 4.98 Å². The zero-order valence-electron chi connectivity index (χ0n) is 9.71. The van der Waals surface area contributed by atoms with Crippen LogP contribution < -0.4 is 0 Å². The van der Waals surface area contributed by atoms with Crippen molar-refractivity contribution in [2.24, 2.45) is 0 Å². The van der Waals surface area contributed by atoms with Crippen LogP contribution in [0, 0.1) is 26.6 Å². The topological polar surface area (TPSA) is 12.9 Å². The second kappa shape index (κ2) is 4.05. The maximum atomic E-state index is 13.2. The molecule has 2 rings (SSSR count). The lowest BCUT2D eigenvalue weighted by atomic mass is 10.1. The number of aryl methyl sites for hydroxylation is 3. The van der Waals surface area contributed by atoms with E-state index in [1.807, 2.05) is 32.0 Å². The highest BCUT2D eigenvalue weighted by Gasteiger charge is 2.04. The Morgan fingerprint density at radius 2 is 1.75 bits per heavy atom. The number of hydrogen-bond donors (Lipinski definition) is 0. The molecule has 0 saturated heterocycles. The minimum atomic E-state index is -0.173. The summed E-state index contributed by atoms with van der Waals surface area (Å²) < 4.78 is 13.2. The Balaban J connectivity index is 2.54. The molecule has 0 aliphatic heterocycles. The molecule has 16 heavy (non-hydrogen) atoms. The minimum absolute atomic E-state index is 0.173. The number of rotatable bonds is 1. The Morgan fingerprint density at radius 3 is 2.38 bits per heavy atom. The average molecular weight is 215 g/mol. The lowest BCUT2D eigenvalue weighted by molar-refractivity contribution is 0.619. The molecule has 0 saturated carbocycles. The van der Waals surface area contributed by atoms with Crippen molar-refractivity contribution in [1.29, 1.82) is 0 Å². The molecule has 0 amide bonds. The molecule has 0 radical (unpaired) electrons. The standard InChI is InChI=1S/C14H14FN/c1-9-6-11(3)16-14(7-9)12-4-5-13(15)10(2)8-12/h4-8H,1-3H3. The van der Waals surface area contributed by atoms with Crippen molar-refractivity contribution in [3.63, 3.8) is 0 Å². The normalized spacial score (nSPS) is 10.5. The second-order valence-corrected chi connectivity index (χ2v) is 4.14. The summed E-state index contributed by atoms with van der Waals surface area (Å²) in [6.07, 6.45) is 0. The van der Waals surface area contributed by atoms with Crippen LogP contribution in [-0.4, -0.2) is 4.98 Å². The lowest BCUT2D eigenvalue weighted by Gasteiger charge is -2.05. The Bertz CT molecular complexity index is 512. The first-order valence-corrected chi connectivity index (χ1v) is 5.28. The molecule has 0 unspecified atom stereocenters. The smallest absolute Gasteiger partial charge is 0.126 e. The third kappa shape index (κ3) is 2.11. The zero-order chi connectivity index (χ0) is 11.7. The van der Waals surface area contributed by atoms with Crippen LogP contribution in [0.1, 0.15) is 16.8 Å². The number of benzene rings is 1. The van der Waals surface area contributed by atoms with E-state index in [0.717, 1.165) is 17.0 Å². The van der Waals surface area contributed by atoms with Gasteiger partial charge in [0.15, 0.2) is 0 Å². The summed E-state index contributed by atoms with van der Waals surface area (Å²) in [5.74, 6) is -0.173. The first-order chi connectivity index (χ1) is 7.56. The van der Waals surface area contributed by atoms with Gasteiger partial charge in [-0.2, -0.15) is 0 Å². The summed E-state index contributed by atoms with van der Waals surface area (Å²) in [7, 11) is 0. The van der Waals surface area contributed by atoms with Crippen molar-refractivity contribution in [2.45, 2.75) is 20.8 Å². The van der Waals surface area contributed by atoms with Crippen molar-refractivity contribution < 1.29 is 4.39 Å². The molecule has 0 atom stereocenters. The van der Waals surface area contributed by atoms with Gasteiger partial charge in [-0.15, -0.1) is 0 Å². The van der Waals surface area contributed by atoms with Gasteiger partial charge >= 0.3 is 0 Å². The third-order valence-corrected chi connectivity index (χ3v) is 2.55. The first kappa shape index (κ1) is 10.8. The summed E-state index contributed by atoms with van der Waals surface area (Å²) in [6.45, 7) is 5.77. The molecule has 0 bridgehead atoms. The molecular formula is C14H14FN. The Morgan fingerprint density at radius 1 is 1.00 bits per heavy atom. The van der Waals surface area contributed by atoms with E-state index in [1.165, 1.54) is 11.6 Å². The van der Waals surface area contributed by atoms with Crippen LogP contribution in [0.3, 0.4) is 0 Å². The van der Waals surface area contributed by atoms with E-state index in [1.54, 1.807) is 13.0 Å². The summed E-state index contributed by atoms with van der Waals surface area (Å²) >= 11 is 0.